The molecule has 4 unspecified atom stereocenters. The van der Waals surface area contributed by atoms with Crippen molar-refractivity contribution in [1.82, 2.24) is 13.5 Å². The van der Waals surface area contributed by atoms with Gasteiger partial charge < -0.3 is 4.42 Å². The van der Waals surface area contributed by atoms with E-state index in [-0.39, 0.29) is 17.4 Å². The molecular weight excluding hydrogens is 697 g/mol. The van der Waals surface area contributed by atoms with Crippen molar-refractivity contribution in [2.45, 2.75) is 105 Å². The van der Waals surface area contributed by atoms with Crippen LogP contribution >= 0.6 is 0 Å². The van der Waals surface area contributed by atoms with Gasteiger partial charge >= 0.3 is 0 Å². The van der Waals surface area contributed by atoms with Crippen LogP contribution in [0.15, 0.2) is 126 Å². The van der Waals surface area contributed by atoms with Gasteiger partial charge in [-0.05, 0) is 68.4 Å². The van der Waals surface area contributed by atoms with Crippen LogP contribution in [0.3, 0.4) is 0 Å². The van der Waals surface area contributed by atoms with E-state index in [0.29, 0.717) is 12.1 Å². The highest BCUT2D eigenvalue weighted by Gasteiger charge is 2.71. The molecular formula is C52H57N4O+3. The zero-order valence-electron chi connectivity index (χ0n) is 35.2. The summed E-state index contributed by atoms with van der Waals surface area (Å²) in [5, 5.41) is 2.40. The van der Waals surface area contributed by atoms with E-state index in [0.717, 1.165) is 39.6 Å². The van der Waals surface area contributed by atoms with Gasteiger partial charge in [-0.1, -0.05) is 108 Å². The second-order valence-electron chi connectivity index (χ2n) is 18.0. The maximum absolute atomic E-state index is 6.81. The lowest BCUT2D eigenvalue weighted by atomic mass is 9.64. The Morgan fingerprint density at radius 2 is 1.47 bits per heavy atom. The van der Waals surface area contributed by atoms with Gasteiger partial charge in [-0.15, -0.1) is 0 Å². The van der Waals surface area contributed by atoms with Gasteiger partial charge in [-0.3, -0.25) is 0 Å². The van der Waals surface area contributed by atoms with Gasteiger partial charge in [0.2, 0.25) is 12.8 Å². The SMILES string of the molecule is CCC1(CC)c2ccccc2-c2n(-c3c(C(C)C)cc4c(oc5ccccc54)c3C(C)C)cc[n+]2C1c1ccccc1[N+]12C=C[N+](c3c(C)cccc3C)(C1)C2C. The number of imidazole rings is 1. The fourth-order valence-electron chi connectivity index (χ4n) is 11.9. The molecule has 5 nitrogen and oxygen atoms in total. The van der Waals surface area contributed by atoms with Crippen LogP contribution in [0.25, 0.3) is 39.0 Å². The average molecular weight is 754 g/mol. The Kier molecular flexibility index (Phi) is 8.01. The molecule has 7 aromatic rings. The molecule has 2 aromatic heterocycles. The van der Waals surface area contributed by atoms with E-state index in [2.05, 4.69) is 193 Å². The molecule has 5 heteroatoms. The van der Waals surface area contributed by atoms with E-state index >= 15 is 0 Å². The molecule has 11 rings (SSSR count). The minimum atomic E-state index is -0.116. The lowest BCUT2D eigenvalue weighted by molar-refractivity contribution is -0.714. The molecule has 4 atom stereocenters. The van der Waals surface area contributed by atoms with Crippen molar-refractivity contribution in [3.05, 3.63) is 155 Å². The molecule has 4 aliphatic rings. The van der Waals surface area contributed by atoms with Crippen LogP contribution in [0.1, 0.15) is 113 Å². The van der Waals surface area contributed by atoms with Crippen molar-refractivity contribution in [2.75, 3.05) is 6.67 Å². The highest BCUT2D eigenvalue weighted by atomic mass is 16.3. The van der Waals surface area contributed by atoms with Gasteiger partial charge in [-0.25, -0.2) is 4.57 Å². The lowest BCUT2D eigenvalue weighted by Gasteiger charge is -2.54. The number of furan rings is 1. The molecule has 0 N–H and O–H groups in total. The van der Waals surface area contributed by atoms with Gasteiger partial charge in [0.25, 0.3) is 5.82 Å². The molecule has 0 amide bonds. The molecule has 0 saturated carbocycles. The number of hydrogen-bond donors (Lipinski definition) is 0. The highest BCUT2D eigenvalue weighted by molar-refractivity contribution is 6.07. The van der Waals surface area contributed by atoms with Gasteiger partial charge in [0.1, 0.15) is 35.3 Å². The summed E-state index contributed by atoms with van der Waals surface area (Å²) in [4.78, 5) is 0. The third kappa shape index (κ3) is 4.61. The van der Waals surface area contributed by atoms with Crippen molar-refractivity contribution < 1.29 is 8.98 Å². The number of benzene rings is 5. The number of aromatic nitrogens is 2. The molecule has 1 fully saturated rings. The molecule has 6 heterocycles. The molecule has 5 aromatic carbocycles. The number of quaternary nitrogens is 2. The summed E-state index contributed by atoms with van der Waals surface area (Å²) in [6.45, 7) is 22.2. The summed E-state index contributed by atoms with van der Waals surface area (Å²) in [6.07, 6.45) is 12.2. The Morgan fingerprint density at radius 3 is 2.19 bits per heavy atom. The van der Waals surface area contributed by atoms with E-state index in [4.69, 9.17) is 4.42 Å². The van der Waals surface area contributed by atoms with Crippen LogP contribution in [-0.4, -0.2) is 17.4 Å². The monoisotopic (exact) mass is 753 g/mol. The van der Waals surface area contributed by atoms with Crippen LogP contribution in [0, 0.1) is 13.8 Å². The maximum Gasteiger partial charge on any atom is 0.294 e. The van der Waals surface area contributed by atoms with Crippen molar-refractivity contribution in [2.24, 2.45) is 0 Å². The van der Waals surface area contributed by atoms with E-state index in [1.807, 2.05) is 0 Å². The predicted octanol–water partition coefficient (Wildman–Crippen LogP) is 13.0. The molecule has 0 spiro atoms. The first-order valence-electron chi connectivity index (χ1n) is 21.3. The minimum absolute atomic E-state index is 0.0891. The first-order valence-corrected chi connectivity index (χ1v) is 21.3. The third-order valence-corrected chi connectivity index (χ3v) is 14.7. The van der Waals surface area contributed by atoms with Crippen LogP contribution in [-0.2, 0) is 5.41 Å². The number of rotatable bonds is 8. The van der Waals surface area contributed by atoms with Crippen LogP contribution in [0.4, 0.5) is 11.4 Å². The maximum atomic E-state index is 6.81. The summed E-state index contributed by atoms with van der Waals surface area (Å²) < 4.78 is 13.8. The largest absolute Gasteiger partial charge is 0.456 e. The summed E-state index contributed by atoms with van der Waals surface area (Å²) in [7, 11) is 0. The fourth-order valence-corrected chi connectivity index (χ4v) is 11.9. The van der Waals surface area contributed by atoms with Crippen LogP contribution < -0.4 is 13.5 Å². The summed E-state index contributed by atoms with van der Waals surface area (Å²) in [6, 6.07) is 36.6. The van der Waals surface area contributed by atoms with E-state index in [1.165, 1.54) is 72.6 Å². The standard InChI is InChI=1S/C52H57N4O/c1-10-52(11-2)43-24-15-12-22-39(43)51-53(47-41(33(3)4)31-42-38-21-14-17-26-45(38)57-49(42)46(47)34(5)6)27-28-54(51)50(52)40-23-13-16-25-44(40)55-29-30-56(32-55,37(55)9)48-35(7)19-18-20-36(48)8/h12-31,33-34,37,50H,10-11,32H2,1-9H3/q+3. The van der Waals surface area contributed by atoms with Gasteiger partial charge in [-0.2, -0.15) is 13.5 Å². The van der Waals surface area contributed by atoms with E-state index in [1.54, 1.807) is 0 Å². The molecule has 57 heavy (non-hydrogen) atoms. The van der Waals surface area contributed by atoms with Crippen LogP contribution in [0.5, 0.6) is 0 Å². The topological polar surface area (TPSA) is 21.9 Å². The van der Waals surface area contributed by atoms with E-state index < -0.39 is 0 Å². The zero-order valence-corrected chi connectivity index (χ0v) is 35.2. The second-order valence-corrected chi connectivity index (χ2v) is 18.0. The Balaban J connectivity index is 1.23. The number of para-hydroxylation sites is 3. The smallest absolute Gasteiger partial charge is 0.294 e. The summed E-state index contributed by atoms with van der Waals surface area (Å²) >= 11 is 0. The summed E-state index contributed by atoms with van der Waals surface area (Å²) in [5.41, 5.74) is 15.6. The number of aryl methyl sites for hydroxylation is 2. The lowest BCUT2D eigenvalue weighted by Crippen LogP contribution is -2.79. The molecule has 0 aliphatic carbocycles. The predicted molar refractivity (Wildman–Crippen MR) is 237 cm³/mol. The molecule has 1 saturated heterocycles. The highest BCUT2D eigenvalue weighted by Crippen LogP contribution is 2.58. The minimum Gasteiger partial charge on any atom is -0.456 e. The molecule has 288 valence electrons. The van der Waals surface area contributed by atoms with Crippen molar-refractivity contribution >= 4 is 33.3 Å². The zero-order chi connectivity index (χ0) is 39.6. The Bertz CT molecular complexity index is 2760. The van der Waals surface area contributed by atoms with Gasteiger partial charge in [0, 0.05) is 51.4 Å². The average Bonchev–Trinajstić information content (AvgIpc) is 3.99. The van der Waals surface area contributed by atoms with Crippen molar-refractivity contribution in [1.29, 1.82) is 0 Å². The Morgan fingerprint density at radius 1 is 0.789 bits per heavy atom. The van der Waals surface area contributed by atoms with Crippen LogP contribution in [0.2, 0.25) is 0 Å². The van der Waals surface area contributed by atoms with E-state index in [9.17, 15) is 0 Å². The number of fused-ring (bicyclic) bond motifs is 6. The normalized spacial score (nSPS) is 23.1. The number of nitrogens with zero attached hydrogens (tertiary/aromatic N) is 4. The first-order chi connectivity index (χ1) is 27.5. The Hall–Kier alpha value is -5.23. The van der Waals surface area contributed by atoms with Gasteiger partial charge in [0.15, 0.2) is 23.8 Å². The first kappa shape index (κ1) is 36.1. The second kappa shape index (κ2) is 12.6. The molecule has 4 aliphatic heterocycles. The third-order valence-electron chi connectivity index (χ3n) is 14.7. The quantitative estimate of drug-likeness (QED) is 0.112. The van der Waals surface area contributed by atoms with Crippen molar-refractivity contribution in [3.8, 4) is 17.1 Å². The Labute approximate surface area is 338 Å². The number of hydrogen-bond acceptors (Lipinski definition) is 1. The van der Waals surface area contributed by atoms with Gasteiger partial charge in [0.05, 0.1) is 11.1 Å². The fraction of sp³-hybridized carbons (Fsp3) is 0.327. The summed E-state index contributed by atoms with van der Waals surface area (Å²) in [5.74, 6) is 1.79. The molecule has 0 radical (unpaired) electrons. The molecule has 2 bridgehead atoms. The van der Waals surface area contributed by atoms with Crippen molar-refractivity contribution in [3.63, 3.8) is 0 Å².